The van der Waals surface area contributed by atoms with E-state index in [1.54, 1.807) is 24.3 Å². The molecule has 0 bridgehead atoms. The summed E-state index contributed by atoms with van der Waals surface area (Å²) in [7, 11) is 2.06. The SMILES string of the molecule is CCCCCC(=O)N[C@@H](Cc1ccc(OC(=O)CN2CCN(C)CC2)cc1)C(=O)N[C@H](C(=O)NCCCCCC(N)=O)[C@@H](C)CC. The van der Waals surface area contributed by atoms with E-state index in [2.05, 4.69) is 39.7 Å². The first-order valence-corrected chi connectivity index (χ1v) is 16.9. The summed E-state index contributed by atoms with van der Waals surface area (Å²) in [6.45, 7) is 10.0. The smallest absolute Gasteiger partial charge is 0.325 e. The first-order chi connectivity index (χ1) is 22.0. The number of nitrogens with one attached hydrogen (secondary N) is 3. The van der Waals surface area contributed by atoms with Crippen LogP contribution < -0.4 is 26.4 Å². The molecule has 0 aromatic heterocycles. The monoisotopic (exact) mass is 644 g/mol. The van der Waals surface area contributed by atoms with E-state index in [0.29, 0.717) is 44.4 Å². The fourth-order valence-electron chi connectivity index (χ4n) is 5.17. The van der Waals surface area contributed by atoms with Crippen LogP contribution in [0.4, 0.5) is 0 Å². The summed E-state index contributed by atoms with van der Waals surface area (Å²) in [4.78, 5) is 67.3. The molecule has 1 heterocycles. The number of carbonyl (C=O) groups excluding carboxylic acids is 5. The van der Waals surface area contributed by atoms with Crippen LogP contribution in [0.25, 0.3) is 0 Å². The van der Waals surface area contributed by atoms with Crippen molar-refractivity contribution in [2.75, 3.05) is 46.3 Å². The summed E-state index contributed by atoms with van der Waals surface area (Å²) in [6.07, 6.45) is 6.22. The quantitative estimate of drug-likeness (QED) is 0.0899. The van der Waals surface area contributed by atoms with Crippen LogP contribution in [0.2, 0.25) is 0 Å². The molecule has 0 unspecified atom stereocenters. The molecule has 3 atom stereocenters. The van der Waals surface area contributed by atoms with Crippen LogP contribution in [0, 0.1) is 5.92 Å². The lowest BCUT2D eigenvalue weighted by Crippen LogP contribution is -2.56. The van der Waals surface area contributed by atoms with E-state index < -0.39 is 18.0 Å². The molecule has 1 fully saturated rings. The third kappa shape index (κ3) is 15.2. The third-order valence-corrected chi connectivity index (χ3v) is 8.39. The first-order valence-electron chi connectivity index (χ1n) is 16.9. The normalized spacial score (nSPS) is 15.7. The second-order valence-corrected chi connectivity index (χ2v) is 12.4. The molecule has 1 saturated heterocycles. The molecule has 0 spiro atoms. The average molecular weight is 645 g/mol. The highest BCUT2D eigenvalue weighted by molar-refractivity contribution is 5.92. The Morgan fingerprint density at radius 3 is 2.17 bits per heavy atom. The number of piperazine rings is 1. The number of hydrogen-bond donors (Lipinski definition) is 4. The molecule has 0 saturated carbocycles. The molecule has 5 N–H and O–H groups in total. The van der Waals surface area contributed by atoms with Gasteiger partial charge < -0.3 is 31.3 Å². The van der Waals surface area contributed by atoms with Crippen molar-refractivity contribution in [1.82, 2.24) is 25.8 Å². The third-order valence-electron chi connectivity index (χ3n) is 8.39. The summed E-state index contributed by atoms with van der Waals surface area (Å²) in [6, 6.07) is 5.26. The summed E-state index contributed by atoms with van der Waals surface area (Å²) in [5, 5.41) is 8.68. The van der Waals surface area contributed by atoms with Gasteiger partial charge in [-0.25, -0.2) is 0 Å². The summed E-state index contributed by atoms with van der Waals surface area (Å²) < 4.78 is 5.54. The molecule has 4 amide bonds. The van der Waals surface area contributed by atoms with Crippen LogP contribution in [0.3, 0.4) is 0 Å². The van der Waals surface area contributed by atoms with Gasteiger partial charge in [-0.3, -0.25) is 28.9 Å². The predicted octanol–water partition coefficient (Wildman–Crippen LogP) is 2.14. The largest absolute Gasteiger partial charge is 0.426 e. The lowest BCUT2D eigenvalue weighted by atomic mass is 9.97. The highest BCUT2D eigenvalue weighted by Gasteiger charge is 2.30. The number of primary amides is 1. The maximum Gasteiger partial charge on any atom is 0.325 e. The van der Waals surface area contributed by atoms with Crippen LogP contribution in [-0.4, -0.2) is 97.8 Å². The van der Waals surface area contributed by atoms with Gasteiger partial charge in [-0.2, -0.15) is 0 Å². The maximum absolute atomic E-state index is 13.6. The molecule has 12 heteroatoms. The minimum absolute atomic E-state index is 0.139. The fraction of sp³-hybridized carbons (Fsp3) is 0.676. The molecular formula is C34H56N6O6. The van der Waals surface area contributed by atoms with Crippen molar-refractivity contribution in [1.29, 1.82) is 0 Å². The Hall–Kier alpha value is -3.51. The van der Waals surface area contributed by atoms with Crippen molar-refractivity contribution in [3.63, 3.8) is 0 Å². The molecule has 0 radical (unpaired) electrons. The second-order valence-electron chi connectivity index (χ2n) is 12.4. The average Bonchev–Trinajstić information content (AvgIpc) is 3.02. The van der Waals surface area contributed by atoms with E-state index in [1.165, 1.54) is 0 Å². The molecule has 46 heavy (non-hydrogen) atoms. The Labute approximate surface area is 274 Å². The molecular weight excluding hydrogens is 588 g/mol. The van der Waals surface area contributed by atoms with Gasteiger partial charge >= 0.3 is 5.97 Å². The van der Waals surface area contributed by atoms with Gasteiger partial charge in [-0.05, 0) is 49.9 Å². The van der Waals surface area contributed by atoms with Crippen LogP contribution in [0.15, 0.2) is 24.3 Å². The summed E-state index contributed by atoms with van der Waals surface area (Å²) >= 11 is 0. The van der Waals surface area contributed by atoms with Gasteiger partial charge in [0, 0.05) is 52.0 Å². The molecule has 2 rings (SSSR count). The zero-order valence-corrected chi connectivity index (χ0v) is 28.3. The Morgan fingerprint density at radius 2 is 1.54 bits per heavy atom. The van der Waals surface area contributed by atoms with E-state index >= 15 is 0 Å². The number of unbranched alkanes of at least 4 members (excludes halogenated alkanes) is 4. The highest BCUT2D eigenvalue weighted by atomic mass is 16.5. The van der Waals surface area contributed by atoms with Gasteiger partial charge in [-0.15, -0.1) is 0 Å². The molecule has 1 aromatic rings. The van der Waals surface area contributed by atoms with Gasteiger partial charge in [0.1, 0.15) is 17.8 Å². The van der Waals surface area contributed by atoms with Crippen molar-refractivity contribution in [3.8, 4) is 5.75 Å². The van der Waals surface area contributed by atoms with Gasteiger partial charge in [0.15, 0.2) is 0 Å². The van der Waals surface area contributed by atoms with Crippen molar-refractivity contribution in [3.05, 3.63) is 29.8 Å². The van der Waals surface area contributed by atoms with Crippen LogP contribution in [0.5, 0.6) is 5.75 Å². The van der Waals surface area contributed by atoms with E-state index in [9.17, 15) is 24.0 Å². The highest BCUT2D eigenvalue weighted by Crippen LogP contribution is 2.16. The van der Waals surface area contributed by atoms with Crippen LogP contribution in [0.1, 0.15) is 84.1 Å². The number of rotatable bonds is 21. The van der Waals surface area contributed by atoms with Crippen molar-refractivity contribution in [2.24, 2.45) is 11.7 Å². The Balaban J connectivity index is 2.04. The molecule has 1 aliphatic rings. The minimum Gasteiger partial charge on any atom is -0.426 e. The number of nitrogens with two attached hydrogens (primary N) is 1. The number of carbonyl (C=O) groups is 5. The van der Waals surface area contributed by atoms with E-state index in [-0.39, 0.29) is 42.6 Å². The Morgan fingerprint density at radius 1 is 0.870 bits per heavy atom. The maximum atomic E-state index is 13.6. The van der Waals surface area contributed by atoms with E-state index in [0.717, 1.165) is 57.4 Å². The van der Waals surface area contributed by atoms with Gasteiger partial charge in [0.2, 0.25) is 23.6 Å². The lowest BCUT2D eigenvalue weighted by Gasteiger charge is -2.31. The van der Waals surface area contributed by atoms with E-state index in [1.807, 2.05) is 13.8 Å². The van der Waals surface area contributed by atoms with Crippen molar-refractivity contribution in [2.45, 2.75) is 97.1 Å². The van der Waals surface area contributed by atoms with Gasteiger partial charge in [-0.1, -0.05) is 58.6 Å². The lowest BCUT2D eigenvalue weighted by molar-refractivity contribution is -0.136. The molecule has 1 aliphatic heterocycles. The number of ether oxygens (including phenoxy) is 1. The Kier molecular flexibility index (Phi) is 17.9. The topological polar surface area (TPSA) is 163 Å². The Bertz CT molecular complexity index is 1110. The zero-order chi connectivity index (χ0) is 33.9. The summed E-state index contributed by atoms with van der Waals surface area (Å²) in [5.74, 6) is -1.33. The molecule has 1 aromatic carbocycles. The van der Waals surface area contributed by atoms with Crippen LogP contribution >= 0.6 is 0 Å². The van der Waals surface area contributed by atoms with Crippen molar-refractivity contribution >= 4 is 29.6 Å². The van der Waals surface area contributed by atoms with Gasteiger partial charge in [0.05, 0.1) is 6.54 Å². The predicted molar refractivity (Wildman–Crippen MR) is 178 cm³/mol. The van der Waals surface area contributed by atoms with Crippen LogP contribution in [-0.2, 0) is 30.4 Å². The standard InChI is InChI=1S/C34H56N6O6/c1-5-7-9-13-30(42)37-28(33(44)38-32(25(3)6-2)34(45)36-18-11-8-10-12-29(35)41)23-26-14-16-27(17-15-26)46-31(43)24-40-21-19-39(4)20-22-40/h14-17,25,28,32H,5-13,18-24H2,1-4H3,(H2,35,41)(H,36,45)(H,37,42)(H,38,44)/t25-,28-,32-/m0/s1. The number of benzene rings is 1. The molecule has 0 aliphatic carbocycles. The number of esters is 1. The van der Waals surface area contributed by atoms with Crippen molar-refractivity contribution < 1.29 is 28.7 Å². The van der Waals surface area contributed by atoms with E-state index in [4.69, 9.17) is 10.5 Å². The minimum atomic E-state index is -0.895. The molecule has 12 nitrogen and oxygen atoms in total. The number of amides is 4. The second kappa shape index (κ2) is 21.3. The fourth-order valence-corrected chi connectivity index (χ4v) is 5.17. The number of hydrogen-bond acceptors (Lipinski definition) is 8. The van der Waals surface area contributed by atoms with Gasteiger partial charge in [0.25, 0.3) is 0 Å². The zero-order valence-electron chi connectivity index (χ0n) is 28.3. The summed E-state index contributed by atoms with van der Waals surface area (Å²) in [5.41, 5.74) is 5.96. The molecule has 258 valence electrons. The first kappa shape index (κ1) is 38.7. The number of likely N-dealkylation sites (N-methyl/N-ethyl adjacent to an activating group) is 1. The number of nitrogens with zero attached hydrogens (tertiary/aromatic N) is 2.